The number of halogens is 2. The van der Waals surface area contributed by atoms with Crippen LogP contribution in [-0.2, 0) is 13.2 Å². The summed E-state index contributed by atoms with van der Waals surface area (Å²) in [5.74, 6) is 2.11. The fourth-order valence-corrected chi connectivity index (χ4v) is 4.57. The van der Waals surface area contributed by atoms with Gasteiger partial charge in [0, 0.05) is 40.0 Å². The van der Waals surface area contributed by atoms with Gasteiger partial charge in [0.25, 0.3) is 0 Å². The van der Waals surface area contributed by atoms with Gasteiger partial charge >= 0.3 is 0 Å². The zero-order valence-electron chi connectivity index (χ0n) is 18.4. The summed E-state index contributed by atoms with van der Waals surface area (Å²) in [6.45, 7) is 1.59. The number of ether oxygens (including phenoxy) is 2. The minimum atomic E-state index is 0.240. The predicted molar refractivity (Wildman–Crippen MR) is 135 cm³/mol. The SMILES string of the molecule is COc1cccc(CNCCSc2nnnn2-c2ccccc2)c1OCc1c(Cl)cccc1Cl. The Bertz CT molecular complexity index is 1200. The van der Waals surface area contributed by atoms with Gasteiger partial charge in [0.05, 0.1) is 12.8 Å². The van der Waals surface area contributed by atoms with E-state index in [1.54, 1.807) is 35.7 Å². The number of methoxy groups -OCH3 is 1. The molecule has 1 N–H and O–H groups in total. The Morgan fingerprint density at radius 3 is 2.50 bits per heavy atom. The van der Waals surface area contributed by atoms with E-state index in [-0.39, 0.29) is 6.61 Å². The number of para-hydroxylation sites is 2. The molecule has 0 aliphatic heterocycles. The highest BCUT2D eigenvalue weighted by molar-refractivity contribution is 7.99. The van der Waals surface area contributed by atoms with Crippen LogP contribution < -0.4 is 14.8 Å². The summed E-state index contributed by atoms with van der Waals surface area (Å²) >= 11 is 14.2. The quantitative estimate of drug-likeness (QED) is 0.210. The van der Waals surface area contributed by atoms with Crippen molar-refractivity contribution in [1.82, 2.24) is 25.5 Å². The van der Waals surface area contributed by atoms with Crippen molar-refractivity contribution in [1.29, 1.82) is 0 Å². The fourth-order valence-electron chi connectivity index (χ4n) is 3.28. The number of hydrogen-bond donors (Lipinski definition) is 1. The van der Waals surface area contributed by atoms with Gasteiger partial charge in [-0.05, 0) is 40.8 Å². The Labute approximate surface area is 212 Å². The highest BCUT2D eigenvalue weighted by Crippen LogP contribution is 2.33. The van der Waals surface area contributed by atoms with Crippen molar-refractivity contribution in [2.24, 2.45) is 0 Å². The van der Waals surface area contributed by atoms with E-state index < -0.39 is 0 Å². The standard InChI is InChI=1S/C24H23Cl2N5O2S/c1-32-22-12-5-7-17(23(22)33-16-19-20(25)10-6-11-21(19)26)15-27-13-14-34-24-28-29-30-31(24)18-8-3-2-4-9-18/h2-12,27H,13-16H2,1H3. The summed E-state index contributed by atoms with van der Waals surface area (Å²) in [5.41, 5.74) is 2.64. The second kappa shape index (κ2) is 12.1. The number of benzene rings is 3. The third-order valence-corrected chi connectivity index (χ3v) is 6.60. The molecule has 0 aliphatic carbocycles. The molecule has 0 saturated carbocycles. The van der Waals surface area contributed by atoms with Gasteiger partial charge in [0.1, 0.15) is 6.61 Å². The van der Waals surface area contributed by atoms with Crippen LogP contribution in [0.3, 0.4) is 0 Å². The second-order valence-corrected chi connectivity index (χ2v) is 9.05. The Morgan fingerprint density at radius 1 is 0.971 bits per heavy atom. The lowest BCUT2D eigenvalue weighted by molar-refractivity contribution is 0.281. The molecular formula is C24H23Cl2N5O2S. The van der Waals surface area contributed by atoms with Gasteiger partial charge in [0.2, 0.25) is 5.16 Å². The van der Waals surface area contributed by atoms with E-state index in [1.807, 2.05) is 54.6 Å². The van der Waals surface area contributed by atoms with Crippen LogP contribution in [0.4, 0.5) is 0 Å². The van der Waals surface area contributed by atoms with Gasteiger partial charge in [-0.15, -0.1) is 5.10 Å². The summed E-state index contributed by atoms with van der Waals surface area (Å²) in [7, 11) is 1.62. The fraction of sp³-hybridized carbons (Fsp3) is 0.208. The average Bonchev–Trinajstić information content (AvgIpc) is 3.33. The number of nitrogens with one attached hydrogen (secondary N) is 1. The summed E-state index contributed by atoms with van der Waals surface area (Å²) in [4.78, 5) is 0. The predicted octanol–water partition coefficient (Wildman–Crippen LogP) is 5.44. The van der Waals surface area contributed by atoms with E-state index in [1.165, 1.54) is 0 Å². The maximum Gasteiger partial charge on any atom is 0.214 e. The zero-order chi connectivity index (χ0) is 23.8. The molecule has 0 fully saturated rings. The topological polar surface area (TPSA) is 74.1 Å². The summed E-state index contributed by atoms with van der Waals surface area (Å²) < 4.78 is 13.4. The smallest absolute Gasteiger partial charge is 0.214 e. The van der Waals surface area contributed by atoms with E-state index in [9.17, 15) is 0 Å². The van der Waals surface area contributed by atoms with Crippen LogP contribution in [0.15, 0.2) is 71.9 Å². The zero-order valence-corrected chi connectivity index (χ0v) is 20.8. The van der Waals surface area contributed by atoms with Crippen molar-refractivity contribution < 1.29 is 9.47 Å². The monoisotopic (exact) mass is 515 g/mol. The third-order valence-electron chi connectivity index (χ3n) is 4.97. The first-order chi connectivity index (χ1) is 16.7. The number of aromatic nitrogens is 4. The van der Waals surface area contributed by atoms with Gasteiger partial charge in [-0.2, -0.15) is 4.68 Å². The van der Waals surface area contributed by atoms with Crippen LogP contribution in [0.25, 0.3) is 5.69 Å². The van der Waals surface area contributed by atoms with Crippen LogP contribution >= 0.6 is 35.0 Å². The molecule has 4 aromatic rings. The highest BCUT2D eigenvalue weighted by Gasteiger charge is 2.14. The Balaban J connectivity index is 1.34. The van der Waals surface area contributed by atoms with Gasteiger partial charge < -0.3 is 14.8 Å². The average molecular weight is 516 g/mol. The Kier molecular flexibility index (Phi) is 8.65. The third kappa shape index (κ3) is 6.01. The number of nitrogens with zero attached hydrogens (tertiary/aromatic N) is 4. The van der Waals surface area contributed by atoms with E-state index in [0.717, 1.165) is 34.3 Å². The van der Waals surface area contributed by atoms with Crippen molar-refractivity contribution in [3.8, 4) is 17.2 Å². The first-order valence-corrected chi connectivity index (χ1v) is 12.3. The molecule has 1 aromatic heterocycles. The molecule has 0 spiro atoms. The summed E-state index contributed by atoms with van der Waals surface area (Å²) in [6.07, 6.45) is 0. The van der Waals surface area contributed by atoms with Crippen LogP contribution in [0, 0.1) is 0 Å². The molecule has 0 atom stereocenters. The van der Waals surface area contributed by atoms with Crippen molar-refractivity contribution in [3.05, 3.63) is 87.9 Å². The van der Waals surface area contributed by atoms with Gasteiger partial charge in [-0.3, -0.25) is 0 Å². The minimum absolute atomic E-state index is 0.240. The van der Waals surface area contributed by atoms with E-state index >= 15 is 0 Å². The molecule has 0 radical (unpaired) electrons. The normalized spacial score (nSPS) is 10.9. The molecule has 176 valence electrons. The molecule has 1 heterocycles. The lowest BCUT2D eigenvalue weighted by atomic mass is 10.1. The summed E-state index contributed by atoms with van der Waals surface area (Å²) in [6, 6.07) is 21.0. The van der Waals surface area contributed by atoms with Crippen LogP contribution in [0.5, 0.6) is 11.5 Å². The maximum atomic E-state index is 6.29. The molecule has 4 rings (SSSR count). The lowest BCUT2D eigenvalue weighted by Gasteiger charge is -2.16. The first-order valence-electron chi connectivity index (χ1n) is 10.6. The van der Waals surface area contributed by atoms with Crippen molar-refractivity contribution in [2.45, 2.75) is 18.3 Å². The maximum absolute atomic E-state index is 6.29. The van der Waals surface area contributed by atoms with Crippen molar-refractivity contribution in [3.63, 3.8) is 0 Å². The second-order valence-electron chi connectivity index (χ2n) is 7.17. The van der Waals surface area contributed by atoms with Crippen LogP contribution in [0.2, 0.25) is 10.0 Å². The molecule has 0 bridgehead atoms. The van der Waals surface area contributed by atoms with Gasteiger partial charge in [-0.25, -0.2) is 0 Å². The molecule has 34 heavy (non-hydrogen) atoms. The molecular weight excluding hydrogens is 493 g/mol. The largest absolute Gasteiger partial charge is 0.493 e. The molecule has 0 unspecified atom stereocenters. The van der Waals surface area contributed by atoms with E-state index in [4.69, 9.17) is 32.7 Å². The number of tetrazole rings is 1. The molecule has 0 saturated heterocycles. The highest BCUT2D eigenvalue weighted by atomic mass is 35.5. The van der Waals surface area contributed by atoms with Gasteiger partial charge in [-0.1, -0.05) is 71.4 Å². The van der Waals surface area contributed by atoms with Crippen molar-refractivity contribution in [2.75, 3.05) is 19.4 Å². The molecule has 3 aromatic carbocycles. The van der Waals surface area contributed by atoms with Crippen molar-refractivity contribution >= 4 is 35.0 Å². The summed E-state index contributed by atoms with van der Waals surface area (Å²) in [5, 5.41) is 17.4. The van der Waals surface area contributed by atoms with E-state index in [2.05, 4.69) is 20.8 Å². The number of hydrogen-bond acceptors (Lipinski definition) is 7. The number of thioether (sulfide) groups is 1. The van der Waals surface area contributed by atoms with Crippen LogP contribution in [-0.4, -0.2) is 39.6 Å². The van der Waals surface area contributed by atoms with Crippen LogP contribution in [0.1, 0.15) is 11.1 Å². The number of rotatable bonds is 11. The first kappa shape index (κ1) is 24.3. The molecule has 0 aliphatic rings. The molecule has 7 nitrogen and oxygen atoms in total. The molecule has 0 amide bonds. The van der Waals surface area contributed by atoms with Gasteiger partial charge in [0.15, 0.2) is 11.5 Å². The lowest BCUT2D eigenvalue weighted by Crippen LogP contribution is -2.17. The Morgan fingerprint density at radius 2 is 1.74 bits per heavy atom. The molecule has 10 heteroatoms. The Hall–Kier alpha value is -2.78. The minimum Gasteiger partial charge on any atom is -0.493 e. The van der Waals surface area contributed by atoms with E-state index in [0.29, 0.717) is 28.1 Å².